The van der Waals surface area contributed by atoms with E-state index in [1.54, 1.807) is 25.1 Å². The van der Waals surface area contributed by atoms with Crippen molar-refractivity contribution in [3.05, 3.63) is 35.6 Å². The molecule has 0 saturated heterocycles. The van der Waals surface area contributed by atoms with Crippen LogP contribution in [-0.2, 0) is 11.2 Å². The summed E-state index contributed by atoms with van der Waals surface area (Å²) in [5.41, 5.74) is 2.04. The van der Waals surface area contributed by atoms with Gasteiger partial charge >= 0.3 is 0 Å². The van der Waals surface area contributed by atoms with Crippen LogP contribution in [0.5, 0.6) is 0 Å². The molecule has 0 bridgehead atoms. The number of carbonyl (C=O) groups is 1. The molecule has 0 atom stereocenters. The number of fused-ring (bicyclic) bond motifs is 1. The number of aliphatic hydroxyl groups excluding tert-OH is 2. The Balaban J connectivity index is 2.10. The maximum Gasteiger partial charge on any atom is 0.226 e. The number of aryl methyl sites for hydroxylation is 1. The summed E-state index contributed by atoms with van der Waals surface area (Å²) in [6.07, 6.45) is 1.85. The van der Waals surface area contributed by atoms with Crippen molar-refractivity contribution in [1.82, 2.24) is 4.90 Å². The molecule has 0 unspecified atom stereocenters. The van der Waals surface area contributed by atoms with Crippen LogP contribution in [0, 0.1) is 12.3 Å². The van der Waals surface area contributed by atoms with Crippen molar-refractivity contribution in [2.45, 2.75) is 20.3 Å². The van der Waals surface area contributed by atoms with Gasteiger partial charge in [0.25, 0.3) is 0 Å². The van der Waals surface area contributed by atoms with Crippen LogP contribution in [0.25, 0.3) is 11.0 Å². The van der Waals surface area contributed by atoms with E-state index in [2.05, 4.69) is 0 Å². The molecule has 1 amide bonds. The normalized spacial score (nSPS) is 11.9. The lowest BCUT2D eigenvalue weighted by molar-refractivity contribution is -0.131. The average molecular weight is 305 g/mol. The highest BCUT2D eigenvalue weighted by molar-refractivity contribution is 5.87. The summed E-state index contributed by atoms with van der Waals surface area (Å²) in [5.74, 6) is -0.0728. The lowest BCUT2D eigenvalue weighted by Gasteiger charge is -2.30. The molecule has 0 aliphatic carbocycles. The summed E-state index contributed by atoms with van der Waals surface area (Å²) in [7, 11) is 1.68. The quantitative estimate of drug-likeness (QED) is 0.852. The van der Waals surface area contributed by atoms with Crippen LogP contribution in [0.15, 0.2) is 28.9 Å². The van der Waals surface area contributed by atoms with Crippen LogP contribution in [0.1, 0.15) is 18.1 Å². The number of rotatable bonds is 6. The van der Waals surface area contributed by atoms with Crippen molar-refractivity contribution >= 4 is 16.9 Å². The summed E-state index contributed by atoms with van der Waals surface area (Å²) < 4.78 is 5.50. The van der Waals surface area contributed by atoms with Crippen molar-refractivity contribution in [2.75, 3.05) is 26.8 Å². The van der Waals surface area contributed by atoms with Crippen LogP contribution in [0.2, 0.25) is 0 Å². The highest BCUT2D eigenvalue weighted by Gasteiger charge is 2.26. The lowest BCUT2D eigenvalue weighted by Crippen LogP contribution is -2.42. The molecule has 0 aliphatic rings. The van der Waals surface area contributed by atoms with E-state index < -0.39 is 5.41 Å². The Morgan fingerprint density at radius 2 is 2.00 bits per heavy atom. The van der Waals surface area contributed by atoms with Crippen molar-refractivity contribution in [3.8, 4) is 0 Å². The molecule has 0 aliphatic heterocycles. The number of carbonyl (C=O) groups excluding carboxylic acids is 1. The summed E-state index contributed by atoms with van der Waals surface area (Å²) >= 11 is 0. The smallest absolute Gasteiger partial charge is 0.226 e. The monoisotopic (exact) mass is 305 g/mol. The third-order valence-corrected chi connectivity index (χ3v) is 3.96. The standard InChI is InChI=1S/C17H23NO4/c1-12-4-5-14-13(8-22-15(14)6-12)7-16(21)18(3)9-17(2,10-19)11-20/h4-6,8,19-20H,7,9-11H2,1-3H3. The van der Waals surface area contributed by atoms with Gasteiger partial charge in [-0.1, -0.05) is 19.1 Å². The first-order valence-electron chi connectivity index (χ1n) is 7.31. The zero-order chi connectivity index (χ0) is 16.3. The topological polar surface area (TPSA) is 73.9 Å². The number of aliphatic hydroxyl groups is 2. The second-order valence-corrected chi connectivity index (χ2v) is 6.31. The van der Waals surface area contributed by atoms with E-state index in [1.165, 1.54) is 0 Å². The van der Waals surface area contributed by atoms with E-state index >= 15 is 0 Å². The molecule has 1 heterocycles. The molecule has 5 nitrogen and oxygen atoms in total. The van der Waals surface area contributed by atoms with Gasteiger partial charge in [-0.2, -0.15) is 0 Å². The molecule has 0 saturated carbocycles. The van der Waals surface area contributed by atoms with Gasteiger partial charge in [0.05, 0.1) is 25.9 Å². The molecule has 0 spiro atoms. The van der Waals surface area contributed by atoms with Gasteiger partial charge in [0, 0.05) is 30.0 Å². The molecule has 2 N–H and O–H groups in total. The van der Waals surface area contributed by atoms with Gasteiger partial charge in [0.2, 0.25) is 5.91 Å². The fraction of sp³-hybridized carbons (Fsp3) is 0.471. The predicted molar refractivity (Wildman–Crippen MR) is 84.6 cm³/mol. The van der Waals surface area contributed by atoms with Crippen LogP contribution >= 0.6 is 0 Å². The largest absolute Gasteiger partial charge is 0.464 e. The number of amides is 1. The molecular formula is C17H23NO4. The summed E-state index contributed by atoms with van der Waals surface area (Å²) in [4.78, 5) is 13.9. The van der Waals surface area contributed by atoms with Gasteiger partial charge in [0.15, 0.2) is 0 Å². The minimum absolute atomic E-state index is 0.0728. The maximum absolute atomic E-state index is 12.4. The molecule has 2 aromatic rings. The summed E-state index contributed by atoms with van der Waals surface area (Å²) in [5, 5.41) is 19.6. The zero-order valence-corrected chi connectivity index (χ0v) is 13.3. The Morgan fingerprint density at radius 1 is 1.32 bits per heavy atom. The fourth-order valence-corrected chi connectivity index (χ4v) is 2.44. The Labute approximate surface area is 130 Å². The fourth-order valence-electron chi connectivity index (χ4n) is 2.44. The predicted octanol–water partition coefficient (Wildman–Crippen LogP) is 1.73. The highest BCUT2D eigenvalue weighted by Crippen LogP contribution is 2.23. The number of hydrogen-bond acceptors (Lipinski definition) is 4. The highest BCUT2D eigenvalue weighted by atomic mass is 16.3. The van der Waals surface area contributed by atoms with E-state index in [4.69, 9.17) is 4.42 Å². The lowest BCUT2D eigenvalue weighted by atomic mass is 9.92. The van der Waals surface area contributed by atoms with Crippen molar-refractivity contribution in [3.63, 3.8) is 0 Å². The molecular weight excluding hydrogens is 282 g/mol. The summed E-state index contributed by atoms with van der Waals surface area (Å²) in [6, 6.07) is 5.90. The van der Waals surface area contributed by atoms with E-state index in [1.807, 2.05) is 25.1 Å². The molecule has 1 aromatic heterocycles. The van der Waals surface area contributed by atoms with E-state index in [0.29, 0.717) is 6.54 Å². The van der Waals surface area contributed by atoms with Gasteiger partial charge in [-0.05, 0) is 18.6 Å². The van der Waals surface area contributed by atoms with E-state index in [0.717, 1.165) is 22.1 Å². The first kappa shape index (κ1) is 16.5. The number of nitrogens with zero attached hydrogens (tertiary/aromatic N) is 1. The number of likely N-dealkylation sites (N-methyl/N-ethyl adjacent to an activating group) is 1. The summed E-state index contributed by atoms with van der Waals surface area (Å²) in [6.45, 7) is 3.69. The second-order valence-electron chi connectivity index (χ2n) is 6.31. The second kappa shape index (κ2) is 6.50. The van der Waals surface area contributed by atoms with Crippen molar-refractivity contribution in [2.24, 2.45) is 5.41 Å². The van der Waals surface area contributed by atoms with Crippen LogP contribution in [0.4, 0.5) is 0 Å². The van der Waals surface area contributed by atoms with Gasteiger partial charge in [-0.15, -0.1) is 0 Å². The van der Waals surface area contributed by atoms with Crippen LogP contribution in [0.3, 0.4) is 0 Å². The van der Waals surface area contributed by atoms with Crippen molar-refractivity contribution < 1.29 is 19.4 Å². The molecule has 0 fully saturated rings. The van der Waals surface area contributed by atoms with Crippen LogP contribution < -0.4 is 0 Å². The Morgan fingerprint density at radius 3 is 2.64 bits per heavy atom. The first-order chi connectivity index (χ1) is 10.4. The van der Waals surface area contributed by atoms with E-state index in [9.17, 15) is 15.0 Å². The average Bonchev–Trinajstić information content (AvgIpc) is 2.89. The Kier molecular flexibility index (Phi) is 4.88. The first-order valence-corrected chi connectivity index (χ1v) is 7.31. The van der Waals surface area contributed by atoms with Gasteiger partial charge in [-0.3, -0.25) is 4.79 Å². The van der Waals surface area contributed by atoms with Gasteiger partial charge in [-0.25, -0.2) is 0 Å². The Hall–Kier alpha value is -1.85. The number of hydrogen-bond donors (Lipinski definition) is 2. The van der Waals surface area contributed by atoms with Gasteiger partial charge < -0.3 is 19.5 Å². The molecule has 120 valence electrons. The van der Waals surface area contributed by atoms with E-state index in [-0.39, 0.29) is 25.5 Å². The van der Waals surface area contributed by atoms with Gasteiger partial charge in [0.1, 0.15) is 5.58 Å². The molecule has 0 radical (unpaired) electrons. The SMILES string of the molecule is Cc1ccc2c(CC(=O)N(C)CC(C)(CO)CO)coc2c1. The van der Waals surface area contributed by atoms with Crippen molar-refractivity contribution in [1.29, 1.82) is 0 Å². The molecule has 2 rings (SSSR count). The Bertz CT molecular complexity index is 658. The third kappa shape index (κ3) is 3.48. The number of furan rings is 1. The number of benzene rings is 1. The minimum atomic E-state index is -0.694. The molecule has 1 aromatic carbocycles. The van der Waals surface area contributed by atoms with Crippen LogP contribution in [-0.4, -0.2) is 47.8 Å². The molecule has 22 heavy (non-hydrogen) atoms. The zero-order valence-electron chi connectivity index (χ0n) is 13.3. The third-order valence-electron chi connectivity index (χ3n) is 3.96. The minimum Gasteiger partial charge on any atom is -0.464 e. The maximum atomic E-state index is 12.4. The molecule has 5 heteroatoms.